The van der Waals surface area contributed by atoms with Crippen molar-refractivity contribution in [1.29, 1.82) is 0 Å². The third kappa shape index (κ3) is 5.23. The van der Waals surface area contributed by atoms with E-state index in [4.69, 9.17) is 0 Å². The molecule has 3 heteroatoms. The van der Waals surface area contributed by atoms with Crippen LogP contribution in [-0.4, -0.2) is 46.7 Å². The molecule has 0 bridgehead atoms. The number of aliphatic hydroxyl groups is 1. The lowest BCUT2D eigenvalue weighted by Crippen LogP contribution is -2.43. The van der Waals surface area contributed by atoms with Gasteiger partial charge in [-0.15, -0.1) is 0 Å². The quantitative estimate of drug-likeness (QED) is 0.785. The van der Waals surface area contributed by atoms with Crippen LogP contribution in [-0.2, 0) is 0 Å². The summed E-state index contributed by atoms with van der Waals surface area (Å²) in [5.41, 5.74) is 0. The highest BCUT2D eigenvalue weighted by atomic mass is 32.2. The molecular weight excluding hydrogens is 206 g/mol. The van der Waals surface area contributed by atoms with Gasteiger partial charge in [0.1, 0.15) is 0 Å². The molecule has 15 heavy (non-hydrogen) atoms. The first-order chi connectivity index (χ1) is 7.09. The normalized spacial score (nSPS) is 21.2. The van der Waals surface area contributed by atoms with Crippen LogP contribution in [0, 0.1) is 5.92 Å². The van der Waals surface area contributed by atoms with Crippen LogP contribution in [0.1, 0.15) is 33.6 Å². The fourth-order valence-corrected chi connectivity index (χ4v) is 3.31. The van der Waals surface area contributed by atoms with Crippen molar-refractivity contribution in [2.75, 3.05) is 24.6 Å². The average Bonchev–Trinajstić information content (AvgIpc) is 2.17. The largest absolute Gasteiger partial charge is 0.392 e. The number of hydrogen-bond acceptors (Lipinski definition) is 3. The summed E-state index contributed by atoms with van der Waals surface area (Å²) in [6.45, 7) is 8.37. The molecule has 90 valence electrons. The second-order valence-corrected chi connectivity index (χ2v) is 6.27. The van der Waals surface area contributed by atoms with Crippen LogP contribution in [0.4, 0.5) is 0 Å². The Morgan fingerprint density at radius 2 is 1.80 bits per heavy atom. The standard InChI is InChI=1S/C12H25NOS/c1-10(2)8-13(9-11(3)14)12-4-6-15-7-5-12/h10-12,14H,4-9H2,1-3H3. The lowest BCUT2D eigenvalue weighted by molar-refractivity contribution is 0.0851. The van der Waals surface area contributed by atoms with Crippen LogP contribution < -0.4 is 0 Å². The summed E-state index contributed by atoms with van der Waals surface area (Å²) >= 11 is 2.06. The highest BCUT2D eigenvalue weighted by Gasteiger charge is 2.22. The van der Waals surface area contributed by atoms with Gasteiger partial charge in [0.05, 0.1) is 6.10 Å². The summed E-state index contributed by atoms with van der Waals surface area (Å²) in [6.07, 6.45) is 2.40. The maximum absolute atomic E-state index is 9.52. The molecule has 1 heterocycles. The molecule has 0 aromatic heterocycles. The minimum absolute atomic E-state index is 0.196. The maximum Gasteiger partial charge on any atom is 0.0639 e. The average molecular weight is 231 g/mol. The fourth-order valence-electron chi connectivity index (χ4n) is 2.23. The monoisotopic (exact) mass is 231 g/mol. The molecule has 0 aromatic rings. The van der Waals surface area contributed by atoms with Crippen molar-refractivity contribution in [3.05, 3.63) is 0 Å². The summed E-state index contributed by atoms with van der Waals surface area (Å²) in [7, 11) is 0. The van der Waals surface area contributed by atoms with Gasteiger partial charge in [0, 0.05) is 19.1 Å². The summed E-state index contributed by atoms with van der Waals surface area (Å²) in [6, 6.07) is 0.711. The van der Waals surface area contributed by atoms with E-state index in [-0.39, 0.29) is 6.10 Å². The lowest BCUT2D eigenvalue weighted by atomic mass is 10.1. The first kappa shape index (κ1) is 13.3. The first-order valence-electron chi connectivity index (χ1n) is 6.09. The van der Waals surface area contributed by atoms with Crippen molar-refractivity contribution in [3.8, 4) is 0 Å². The zero-order valence-electron chi connectivity index (χ0n) is 10.3. The van der Waals surface area contributed by atoms with Gasteiger partial charge in [-0.25, -0.2) is 0 Å². The Balaban J connectivity index is 2.45. The molecule has 1 N–H and O–H groups in total. The van der Waals surface area contributed by atoms with Crippen molar-refractivity contribution in [2.45, 2.75) is 45.8 Å². The van der Waals surface area contributed by atoms with E-state index in [1.165, 1.54) is 24.3 Å². The van der Waals surface area contributed by atoms with Gasteiger partial charge in [-0.3, -0.25) is 4.90 Å². The highest BCUT2D eigenvalue weighted by Crippen LogP contribution is 2.22. The minimum Gasteiger partial charge on any atom is -0.392 e. The van der Waals surface area contributed by atoms with E-state index < -0.39 is 0 Å². The van der Waals surface area contributed by atoms with Crippen LogP contribution >= 0.6 is 11.8 Å². The smallest absolute Gasteiger partial charge is 0.0639 e. The Morgan fingerprint density at radius 3 is 2.27 bits per heavy atom. The third-order valence-electron chi connectivity index (χ3n) is 2.81. The Labute approximate surface area is 98.4 Å². The Bertz CT molecular complexity index is 157. The molecule has 1 saturated heterocycles. The number of thioether (sulfide) groups is 1. The molecule has 2 nitrogen and oxygen atoms in total. The van der Waals surface area contributed by atoms with Gasteiger partial charge in [0.2, 0.25) is 0 Å². The molecular formula is C12H25NOS. The van der Waals surface area contributed by atoms with Crippen molar-refractivity contribution in [2.24, 2.45) is 5.92 Å². The third-order valence-corrected chi connectivity index (χ3v) is 3.85. The van der Waals surface area contributed by atoms with Gasteiger partial charge in [0.15, 0.2) is 0 Å². The predicted octanol–water partition coefficient (Wildman–Crippen LogP) is 2.22. The van der Waals surface area contributed by atoms with E-state index >= 15 is 0 Å². The van der Waals surface area contributed by atoms with E-state index in [9.17, 15) is 5.11 Å². The van der Waals surface area contributed by atoms with Crippen molar-refractivity contribution in [3.63, 3.8) is 0 Å². The van der Waals surface area contributed by atoms with Crippen LogP contribution in [0.5, 0.6) is 0 Å². The topological polar surface area (TPSA) is 23.5 Å². The van der Waals surface area contributed by atoms with Gasteiger partial charge in [-0.05, 0) is 37.2 Å². The summed E-state index contributed by atoms with van der Waals surface area (Å²) in [4.78, 5) is 2.50. The number of rotatable bonds is 5. The first-order valence-corrected chi connectivity index (χ1v) is 7.25. The van der Waals surface area contributed by atoms with Gasteiger partial charge >= 0.3 is 0 Å². The summed E-state index contributed by atoms with van der Waals surface area (Å²) < 4.78 is 0. The Kier molecular flexibility index (Phi) is 6.02. The maximum atomic E-state index is 9.52. The van der Waals surface area contributed by atoms with E-state index in [1.807, 2.05) is 6.92 Å². The minimum atomic E-state index is -0.196. The molecule has 1 fully saturated rings. The Morgan fingerprint density at radius 1 is 1.20 bits per heavy atom. The molecule has 1 aliphatic heterocycles. The van der Waals surface area contributed by atoms with Crippen LogP contribution in [0.25, 0.3) is 0 Å². The van der Waals surface area contributed by atoms with E-state index in [0.29, 0.717) is 12.0 Å². The molecule has 1 aliphatic rings. The number of nitrogens with zero attached hydrogens (tertiary/aromatic N) is 1. The predicted molar refractivity (Wildman–Crippen MR) is 68.4 cm³/mol. The summed E-state index contributed by atoms with van der Waals surface area (Å²) in [5.74, 6) is 3.27. The molecule has 0 aromatic carbocycles. The molecule has 1 unspecified atom stereocenters. The molecule has 0 spiro atoms. The fraction of sp³-hybridized carbons (Fsp3) is 1.00. The SMILES string of the molecule is CC(C)CN(CC(C)O)C1CCSCC1. The van der Waals surface area contributed by atoms with Crippen LogP contribution in [0.3, 0.4) is 0 Å². The molecule has 0 saturated carbocycles. The van der Waals surface area contributed by atoms with Gasteiger partial charge in [-0.1, -0.05) is 13.8 Å². The second-order valence-electron chi connectivity index (χ2n) is 5.04. The second kappa shape index (κ2) is 6.77. The molecule has 0 aliphatic carbocycles. The van der Waals surface area contributed by atoms with Gasteiger partial charge in [-0.2, -0.15) is 11.8 Å². The zero-order chi connectivity index (χ0) is 11.3. The van der Waals surface area contributed by atoms with Gasteiger partial charge < -0.3 is 5.11 Å². The van der Waals surface area contributed by atoms with Crippen molar-refractivity contribution < 1.29 is 5.11 Å². The highest BCUT2D eigenvalue weighted by molar-refractivity contribution is 7.99. The molecule has 1 rings (SSSR count). The number of aliphatic hydroxyl groups excluding tert-OH is 1. The van der Waals surface area contributed by atoms with Crippen molar-refractivity contribution >= 4 is 11.8 Å². The number of hydrogen-bond donors (Lipinski definition) is 1. The lowest BCUT2D eigenvalue weighted by Gasteiger charge is -2.36. The van der Waals surface area contributed by atoms with Gasteiger partial charge in [0.25, 0.3) is 0 Å². The summed E-state index contributed by atoms with van der Waals surface area (Å²) in [5, 5.41) is 9.52. The molecule has 0 radical (unpaired) electrons. The van der Waals surface area contributed by atoms with Crippen LogP contribution in [0.2, 0.25) is 0 Å². The van der Waals surface area contributed by atoms with Crippen molar-refractivity contribution in [1.82, 2.24) is 4.90 Å². The van der Waals surface area contributed by atoms with E-state index in [0.717, 1.165) is 13.1 Å². The molecule has 0 amide bonds. The Hall–Kier alpha value is 0.270. The van der Waals surface area contributed by atoms with Crippen LogP contribution in [0.15, 0.2) is 0 Å². The van der Waals surface area contributed by atoms with E-state index in [1.54, 1.807) is 0 Å². The van der Waals surface area contributed by atoms with E-state index in [2.05, 4.69) is 30.5 Å². The molecule has 1 atom stereocenters. The zero-order valence-corrected chi connectivity index (χ0v) is 11.1.